The van der Waals surface area contributed by atoms with Gasteiger partial charge >= 0.3 is 0 Å². The highest BCUT2D eigenvalue weighted by Gasteiger charge is 2.26. The number of nitrogens with zero attached hydrogens (tertiary/aromatic N) is 6. The molecule has 0 aliphatic heterocycles. The van der Waals surface area contributed by atoms with Gasteiger partial charge < -0.3 is 4.57 Å². The van der Waals surface area contributed by atoms with Crippen LogP contribution in [0.5, 0.6) is 0 Å². The molecule has 0 N–H and O–H groups in total. The first-order chi connectivity index (χ1) is 13.2. The van der Waals surface area contributed by atoms with Crippen molar-refractivity contribution >= 4 is 5.78 Å². The van der Waals surface area contributed by atoms with Gasteiger partial charge in [0, 0.05) is 49.0 Å². The summed E-state index contributed by atoms with van der Waals surface area (Å²) < 4.78 is 3.95. The molecule has 5 rings (SSSR count). The molecule has 0 spiro atoms. The van der Waals surface area contributed by atoms with Crippen LogP contribution in [0.1, 0.15) is 41.8 Å². The Morgan fingerprint density at radius 3 is 2.63 bits per heavy atom. The van der Waals surface area contributed by atoms with Crippen LogP contribution in [-0.4, -0.2) is 29.1 Å². The van der Waals surface area contributed by atoms with E-state index in [-0.39, 0.29) is 0 Å². The molecular formula is C21H22N6. The monoisotopic (exact) mass is 358 g/mol. The van der Waals surface area contributed by atoms with E-state index in [4.69, 9.17) is 9.97 Å². The van der Waals surface area contributed by atoms with Crippen LogP contribution < -0.4 is 0 Å². The molecule has 3 aromatic heterocycles. The van der Waals surface area contributed by atoms with Crippen molar-refractivity contribution in [3.05, 3.63) is 65.6 Å². The highest BCUT2D eigenvalue weighted by Crippen LogP contribution is 2.39. The van der Waals surface area contributed by atoms with E-state index < -0.39 is 0 Å². The minimum Gasteiger partial charge on any atom is -0.337 e. The molecule has 0 radical (unpaired) electrons. The first-order valence-electron chi connectivity index (χ1n) is 9.48. The van der Waals surface area contributed by atoms with Gasteiger partial charge in [-0.05, 0) is 25.8 Å². The number of benzene rings is 1. The number of hydrogen-bond donors (Lipinski definition) is 0. The van der Waals surface area contributed by atoms with Gasteiger partial charge in [0.1, 0.15) is 5.82 Å². The first-order valence-corrected chi connectivity index (χ1v) is 9.48. The Hall–Kier alpha value is -3.02. The van der Waals surface area contributed by atoms with Gasteiger partial charge in [-0.25, -0.2) is 14.5 Å². The van der Waals surface area contributed by atoms with Gasteiger partial charge in [-0.15, -0.1) is 5.10 Å². The van der Waals surface area contributed by atoms with Crippen LogP contribution in [0.25, 0.3) is 17.0 Å². The van der Waals surface area contributed by atoms with Crippen LogP contribution in [-0.2, 0) is 19.9 Å². The molecular weight excluding hydrogens is 336 g/mol. The second kappa shape index (κ2) is 6.30. The Morgan fingerprint density at radius 1 is 1.04 bits per heavy atom. The number of hydrogen-bond acceptors (Lipinski definition) is 4. The van der Waals surface area contributed by atoms with E-state index in [0.29, 0.717) is 5.92 Å². The number of fused-ring (bicyclic) bond motifs is 1. The lowest BCUT2D eigenvalue weighted by Gasteiger charge is -2.00. The van der Waals surface area contributed by atoms with Crippen LogP contribution in [0.4, 0.5) is 0 Å². The fourth-order valence-electron chi connectivity index (χ4n) is 3.48. The van der Waals surface area contributed by atoms with Gasteiger partial charge in [0.25, 0.3) is 5.78 Å². The summed E-state index contributed by atoms with van der Waals surface area (Å²) in [6, 6.07) is 12.4. The number of aryl methyl sites for hydroxylation is 4. The highest BCUT2D eigenvalue weighted by molar-refractivity contribution is 5.58. The molecule has 136 valence electrons. The van der Waals surface area contributed by atoms with Crippen molar-refractivity contribution in [2.45, 2.75) is 38.5 Å². The molecule has 6 nitrogen and oxygen atoms in total. The summed E-state index contributed by atoms with van der Waals surface area (Å²) in [6.45, 7) is 2.07. The summed E-state index contributed by atoms with van der Waals surface area (Å²) in [5.74, 6) is 3.20. The maximum Gasteiger partial charge on any atom is 0.252 e. The van der Waals surface area contributed by atoms with E-state index in [1.165, 1.54) is 12.8 Å². The van der Waals surface area contributed by atoms with Crippen molar-refractivity contribution in [1.82, 2.24) is 29.1 Å². The summed E-state index contributed by atoms with van der Waals surface area (Å²) in [6.07, 6.45) is 6.11. The SMILES string of the molecule is Cc1cc(C2CC2)nc2nc(CCc3nc(-c4ccccc4)cn3C)nn12. The van der Waals surface area contributed by atoms with Gasteiger partial charge in [-0.1, -0.05) is 30.3 Å². The second-order valence-electron chi connectivity index (χ2n) is 7.36. The molecule has 4 aromatic rings. The third kappa shape index (κ3) is 3.12. The molecule has 6 heteroatoms. The summed E-state index contributed by atoms with van der Waals surface area (Å²) >= 11 is 0. The van der Waals surface area contributed by atoms with E-state index in [1.54, 1.807) is 0 Å². The second-order valence-corrected chi connectivity index (χ2v) is 7.36. The number of rotatable bonds is 5. The quantitative estimate of drug-likeness (QED) is 0.548. The zero-order chi connectivity index (χ0) is 18.4. The molecule has 1 aromatic carbocycles. The molecule has 3 heterocycles. The predicted molar refractivity (Wildman–Crippen MR) is 104 cm³/mol. The van der Waals surface area contributed by atoms with Crippen molar-refractivity contribution in [2.75, 3.05) is 0 Å². The maximum atomic E-state index is 4.80. The van der Waals surface area contributed by atoms with Crippen molar-refractivity contribution in [1.29, 1.82) is 0 Å². The minimum absolute atomic E-state index is 0.623. The lowest BCUT2D eigenvalue weighted by atomic mass is 10.2. The van der Waals surface area contributed by atoms with Gasteiger partial charge in [0.05, 0.1) is 5.69 Å². The standard InChI is InChI=1S/C21H22N6/c1-14-12-17(16-8-9-16)23-21-24-19(25-27(14)21)10-11-20-22-18(13-26(20)2)15-6-4-3-5-7-15/h3-7,12-13,16H,8-11H2,1-2H3. The van der Waals surface area contributed by atoms with Gasteiger partial charge in [0.15, 0.2) is 5.82 Å². The smallest absolute Gasteiger partial charge is 0.252 e. The van der Waals surface area contributed by atoms with Gasteiger partial charge in [0.2, 0.25) is 0 Å². The molecule has 0 atom stereocenters. The molecule has 0 saturated heterocycles. The molecule has 0 bridgehead atoms. The van der Waals surface area contributed by atoms with Crippen molar-refractivity contribution in [2.24, 2.45) is 7.05 Å². The number of aromatic nitrogens is 6. The number of imidazole rings is 1. The van der Waals surface area contributed by atoms with E-state index in [1.807, 2.05) is 29.8 Å². The van der Waals surface area contributed by atoms with Gasteiger partial charge in [-0.3, -0.25) is 0 Å². The molecule has 27 heavy (non-hydrogen) atoms. The largest absolute Gasteiger partial charge is 0.337 e. The zero-order valence-corrected chi connectivity index (χ0v) is 15.6. The van der Waals surface area contributed by atoms with Crippen molar-refractivity contribution < 1.29 is 0 Å². The lowest BCUT2D eigenvalue weighted by Crippen LogP contribution is -2.01. The van der Waals surface area contributed by atoms with Gasteiger partial charge in [-0.2, -0.15) is 4.98 Å². The predicted octanol–water partition coefficient (Wildman–Crippen LogP) is 3.50. The van der Waals surface area contributed by atoms with E-state index in [9.17, 15) is 0 Å². The molecule has 0 amide bonds. The normalized spacial score (nSPS) is 14.1. The van der Waals surface area contributed by atoms with E-state index in [2.05, 4.69) is 46.0 Å². The molecule has 1 aliphatic rings. The Morgan fingerprint density at radius 2 is 1.85 bits per heavy atom. The summed E-state index contributed by atoms with van der Waals surface area (Å²) in [5.41, 5.74) is 4.40. The fraction of sp³-hybridized carbons (Fsp3) is 0.333. The Balaban J connectivity index is 1.37. The molecule has 1 aliphatic carbocycles. The maximum absolute atomic E-state index is 4.80. The topological polar surface area (TPSA) is 60.9 Å². The van der Waals surface area contributed by atoms with Crippen LogP contribution in [0.15, 0.2) is 42.6 Å². The Labute approximate surface area is 157 Å². The Bertz CT molecular complexity index is 1100. The van der Waals surface area contributed by atoms with E-state index in [0.717, 1.165) is 52.9 Å². The van der Waals surface area contributed by atoms with Crippen LogP contribution in [0.2, 0.25) is 0 Å². The van der Waals surface area contributed by atoms with Crippen LogP contribution in [0, 0.1) is 6.92 Å². The third-order valence-corrected chi connectivity index (χ3v) is 5.16. The van der Waals surface area contributed by atoms with E-state index >= 15 is 0 Å². The molecule has 1 saturated carbocycles. The highest BCUT2D eigenvalue weighted by atomic mass is 15.3. The van der Waals surface area contributed by atoms with Crippen LogP contribution in [0.3, 0.4) is 0 Å². The van der Waals surface area contributed by atoms with Crippen LogP contribution >= 0.6 is 0 Å². The average molecular weight is 358 g/mol. The van der Waals surface area contributed by atoms with Crippen molar-refractivity contribution in [3.8, 4) is 11.3 Å². The molecule has 0 unspecified atom stereocenters. The summed E-state index contributed by atoms with van der Waals surface area (Å²) in [5, 5.41) is 4.65. The minimum atomic E-state index is 0.623. The van der Waals surface area contributed by atoms with Crippen molar-refractivity contribution in [3.63, 3.8) is 0 Å². The lowest BCUT2D eigenvalue weighted by molar-refractivity contribution is 0.742. The zero-order valence-electron chi connectivity index (χ0n) is 15.6. The summed E-state index contributed by atoms with van der Waals surface area (Å²) in [7, 11) is 2.04. The average Bonchev–Trinajstić information content (AvgIpc) is 3.34. The third-order valence-electron chi connectivity index (χ3n) is 5.16. The Kier molecular flexibility index (Phi) is 3.77. The molecule has 1 fully saturated rings. The fourth-order valence-corrected chi connectivity index (χ4v) is 3.48. The summed E-state index contributed by atoms with van der Waals surface area (Å²) in [4.78, 5) is 14.2. The first kappa shape index (κ1) is 16.2.